The van der Waals surface area contributed by atoms with Crippen LogP contribution in [0.25, 0.3) is 11.3 Å². The molecule has 17 heteroatoms. The Morgan fingerprint density at radius 2 is 2.03 bits per heavy atom. The molecule has 3 N–H and O–H groups in total. The predicted octanol–water partition coefficient (Wildman–Crippen LogP) is 5.12. The minimum absolute atomic E-state index is 0.00514. The Morgan fingerprint density at radius 3 is 2.69 bits per heavy atom. The van der Waals surface area contributed by atoms with Crippen molar-refractivity contribution in [2.75, 3.05) is 23.3 Å². The van der Waals surface area contributed by atoms with Gasteiger partial charge < -0.3 is 9.42 Å². The molecule has 0 bridgehead atoms. The van der Waals surface area contributed by atoms with Crippen LogP contribution in [0.5, 0.6) is 0 Å². The van der Waals surface area contributed by atoms with Crippen LogP contribution in [0, 0.1) is 11.7 Å². The Labute approximate surface area is 226 Å². The van der Waals surface area contributed by atoms with Crippen molar-refractivity contribution >= 4 is 53.6 Å². The van der Waals surface area contributed by atoms with E-state index in [9.17, 15) is 31.7 Å². The number of amides is 1. The van der Waals surface area contributed by atoms with Gasteiger partial charge in [0.1, 0.15) is 11.6 Å². The number of rotatable bonds is 6. The molecule has 208 valence electrons. The molecule has 1 atom stereocenters. The Morgan fingerprint density at radius 1 is 1.28 bits per heavy atom. The Bertz CT molecular complexity index is 1470. The van der Waals surface area contributed by atoms with Crippen molar-refractivity contribution in [1.82, 2.24) is 9.97 Å². The average molecular weight is 609 g/mol. The number of nitrogens with one attached hydrogen (secondary N) is 1. The fourth-order valence-electron chi connectivity index (χ4n) is 3.91. The number of aromatic nitrogens is 2. The second kappa shape index (κ2) is 11.2. The van der Waals surface area contributed by atoms with Gasteiger partial charge in [-0.1, -0.05) is 17.7 Å². The van der Waals surface area contributed by atoms with Crippen LogP contribution in [0.1, 0.15) is 28.8 Å². The summed E-state index contributed by atoms with van der Waals surface area (Å²) in [4.78, 5) is 52.3. The van der Waals surface area contributed by atoms with E-state index in [1.165, 1.54) is 17.6 Å². The summed E-state index contributed by atoms with van der Waals surface area (Å²) in [5.41, 5.74) is -1.89. The van der Waals surface area contributed by atoms with Crippen molar-refractivity contribution in [3.05, 3.63) is 57.8 Å². The molecule has 4 rings (SSSR count). The predicted molar refractivity (Wildman–Crippen MR) is 133 cm³/mol. The van der Waals surface area contributed by atoms with Gasteiger partial charge in [-0.2, -0.15) is 13.2 Å². The van der Waals surface area contributed by atoms with Gasteiger partial charge in [0.2, 0.25) is 0 Å². The van der Waals surface area contributed by atoms with Gasteiger partial charge in [-0.05, 0) is 31.0 Å². The topological polar surface area (TPSA) is 142 Å². The molecular formula is C22H18ClF4N4O6PS. The highest BCUT2D eigenvalue weighted by atomic mass is 35.5. The van der Waals surface area contributed by atoms with Crippen molar-refractivity contribution in [1.29, 1.82) is 0 Å². The molecule has 10 nitrogen and oxygen atoms in total. The molecule has 1 aliphatic rings. The number of hydrogen-bond acceptors (Lipinski definition) is 8. The summed E-state index contributed by atoms with van der Waals surface area (Å²) < 4.78 is 68.6. The Kier molecular flexibility index (Phi) is 8.28. The molecule has 0 spiro atoms. The van der Waals surface area contributed by atoms with E-state index in [1.807, 2.05) is 0 Å². The SMILES string of the molecule is O=C(Nc1nc(-c2cccc(C(F)(F)F)c2F)cs1)c1cnc(N2CCCC(C(=O)OP(=O)(O)O)C2)c(Cl)c1. The number of thiazole rings is 1. The molecule has 1 saturated heterocycles. The second-order valence-electron chi connectivity index (χ2n) is 8.37. The summed E-state index contributed by atoms with van der Waals surface area (Å²) in [6, 6.07) is 4.12. The number of pyridine rings is 1. The van der Waals surface area contributed by atoms with Crippen molar-refractivity contribution in [2.24, 2.45) is 5.92 Å². The number of anilines is 2. The van der Waals surface area contributed by atoms with E-state index in [4.69, 9.17) is 21.4 Å². The van der Waals surface area contributed by atoms with Crippen LogP contribution in [0.15, 0.2) is 35.8 Å². The van der Waals surface area contributed by atoms with Crippen LogP contribution >= 0.6 is 30.8 Å². The molecular weight excluding hydrogens is 591 g/mol. The summed E-state index contributed by atoms with van der Waals surface area (Å²) >= 11 is 7.20. The zero-order valence-corrected chi connectivity index (χ0v) is 22.0. The van der Waals surface area contributed by atoms with E-state index >= 15 is 0 Å². The summed E-state index contributed by atoms with van der Waals surface area (Å²) in [5, 5.41) is 3.81. The fraction of sp³-hybridized carbons (Fsp3) is 0.273. The first kappa shape index (κ1) is 28.9. The van der Waals surface area contributed by atoms with Gasteiger partial charge >= 0.3 is 20.0 Å². The fourth-order valence-corrected chi connectivity index (χ4v) is 5.29. The van der Waals surface area contributed by atoms with Crippen LogP contribution in [0.4, 0.5) is 28.5 Å². The zero-order chi connectivity index (χ0) is 28.5. The molecule has 3 heterocycles. The van der Waals surface area contributed by atoms with E-state index < -0.39 is 43.2 Å². The number of carbonyl (C=O) groups is 2. The second-order valence-corrected chi connectivity index (χ2v) is 10.8. The quantitative estimate of drug-likeness (QED) is 0.257. The van der Waals surface area contributed by atoms with Crippen molar-refractivity contribution in [3.8, 4) is 11.3 Å². The first-order chi connectivity index (χ1) is 18.2. The molecule has 1 fully saturated rings. The van der Waals surface area contributed by atoms with Crippen LogP contribution in [-0.4, -0.2) is 44.7 Å². The number of nitrogens with zero attached hydrogens (tertiary/aromatic N) is 3. The lowest BCUT2D eigenvalue weighted by molar-refractivity contribution is -0.141. The number of phosphoric ester groups is 1. The lowest BCUT2D eigenvalue weighted by Crippen LogP contribution is -2.39. The third kappa shape index (κ3) is 6.92. The number of hydrogen-bond donors (Lipinski definition) is 3. The lowest BCUT2D eigenvalue weighted by atomic mass is 9.98. The van der Waals surface area contributed by atoms with Crippen molar-refractivity contribution in [3.63, 3.8) is 0 Å². The van der Waals surface area contributed by atoms with E-state index in [2.05, 4.69) is 19.8 Å². The number of halogens is 5. The summed E-state index contributed by atoms with van der Waals surface area (Å²) in [6.07, 6.45) is -2.85. The smallest absolute Gasteiger partial charge is 0.370 e. The average Bonchev–Trinajstić information content (AvgIpc) is 3.30. The van der Waals surface area contributed by atoms with Crippen LogP contribution < -0.4 is 10.2 Å². The van der Waals surface area contributed by atoms with Crippen LogP contribution in [0.2, 0.25) is 5.02 Å². The summed E-state index contributed by atoms with van der Waals surface area (Å²) in [7, 11) is -4.99. The summed E-state index contributed by atoms with van der Waals surface area (Å²) in [5.74, 6) is -3.81. The number of phosphoric acid groups is 1. The van der Waals surface area contributed by atoms with E-state index in [0.29, 0.717) is 25.5 Å². The highest BCUT2D eigenvalue weighted by Crippen LogP contribution is 2.39. The molecule has 1 unspecified atom stereocenters. The standard InChI is InChI=1S/C22H18ClF4N4O6PS/c23-15-7-12(8-28-18(15)31-6-2-3-11(9-31)20(33)37-38(34,35)36)19(32)30-21-29-16(10-39-21)13-4-1-5-14(17(13)24)22(25,26)27/h1,4-5,7-8,10-11H,2-3,6,9H2,(H,29,30,32)(H2,34,35,36). The molecule has 1 aliphatic heterocycles. The van der Waals surface area contributed by atoms with Gasteiger partial charge in [-0.3, -0.25) is 24.7 Å². The van der Waals surface area contributed by atoms with Crippen LogP contribution in [-0.2, 0) is 20.1 Å². The third-order valence-corrected chi connectivity index (χ3v) is 7.11. The maximum atomic E-state index is 14.4. The van der Waals surface area contributed by atoms with Gasteiger partial charge in [0, 0.05) is 30.2 Å². The van der Waals surface area contributed by atoms with Gasteiger partial charge in [-0.25, -0.2) is 18.9 Å². The lowest BCUT2D eigenvalue weighted by Gasteiger charge is -2.32. The van der Waals surface area contributed by atoms with E-state index in [-0.39, 0.29) is 39.3 Å². The Balaban J connectivity index is 1.46. The molecule has 3 aromatic rings. The zero-order valence-electron chi connectivity index (χ0n) is 19.5. The minimum atomic E-state index is -4.99. The van der Waals surface area contributed by atoms with Gasteiger partial charge in [0.05, 0.1) is 27.8 Å². The van der Waals surface area contributed by atoms with Crippen molar-refractivity contribution in [2.45, 2.75) is 19.0 Å². The minimum Gasteiger partial charge on any atom is -0.370 e. The van der Waals surface area contributed by atoms with Gasteiger partial charge in [-0.15, -0.1) is 11.3 Å². The molecule has 1 aromatic carbocycles. The number of piperidine rings is 1. The molecule has 2 aromatic heterocycles. The first-order valence-electron chi connectivity index (χ1n) is 11.1. The monoisotopic (exact) mass is 608 g/mol. The summed E-state index contributed by atoms with van der Waals surface area (Å²) in [6.45, 7) is 0.469. The third-order valence-electron chi connectivity index (χ3n) is 5.65. The molecule has 39 heavy (non-hydrogen) atoms. The van der Waals surface area contributed by atoms with Gasteiger partial charge in [0.25, 0.3) is 5.91 Å². The van der Waals surface area contributed by atoms with Gasteiger partial charge in [0.15, 0.2) is 5.13 Å². The number of alkyl halides is 3. The van der Waals surface area contributed by atoms with E-state index in [1.54, 1.807) is 4.90 Å². The number of carbonyl (C=O) groups excluding carboxylic acids is 2. The number of benzene rings is 1. The van der Waals surface area contributed by atoms with E-state index in [0.717, 1.165) is 23.5 Å². The molecule has 1 amide bonds. The van der Waals surface area contributed by atoms with Crippen LogP contribution in [0.3, 0.4) is 0 Å². The van der Waals surface area contributed by atoms with Crippen molar-refractivity contribution < 1.29 is 46.0 Å². The maximum Gasteiger partial charge on any atom is 0.526 e. The normalized spacial score (nSPS) is 16.2. The molecule has 0 saturated carbocycles. The molecule has 0 aliphatic carbocycles. The first-order valence-corrected chi connectivity index (χ1v) is 13.8. The largest absolute Gasteiger partial charge is 0.526 e. The highest BCUT2D eigenvalue weighted by molar-refractivity contribution is 7.46. The molecule has 0 radical (unpaired) electrons. The maximum absolute atomic E-state index is 14.4. The highest BCUT2D eigenvalue weighted by Gasteiger charge is 2.35. The Hall–Kier alpha value is -3.10.